The van der Waals surface area contributed by atoms with E-state index in [1.807, 2.05) is 0 Å². The van der Waals surface area contributed by atoms with Crippen molar-refractivity contribution in [1.29, 1.82) is 0 Å². The Morgan fingerprint density at radius 3 is 2.62 bits per heavy atom. The van der Waals surface area contributed by atoms with E-state index in [1.165, 1.54) is 19.3 Å². The molecule has 16 heavy (non-hydrogen) atoms. The average Bonchev–Trinajstić information content (AvgIpc) is 2.82. The van der Waals surface area contributed by atoms with E-state index in [2.05, 4.69) is 35.5 Å². The number of rotatable bonds is 3. The standard InChI is InChI=1S/C12H20ClN3/c1-8(2)16-11(7-13)14-15-12(16)10-6-4-5-9(10)3/h8-10H,4-7H2,1-3H3. The van der Waals surface area contributed by atoms with Crippen LogP contribution in [0.15, 0.2) is 0 Å². The van der Waals surface area contributed by atoms with Crippen LogP contribution in [-0.4, -0.2) is 14.8 Å². The maximum atomic E-state index is 5.91. The lowest BCUT2D eigenvalue weighted by atomic mass is 9.97. The highest BCUT2D eigenvalue weighted by molar-refractivity contribution is 6.16. The Morgan fingerprint density at radius 2 is 2.12 bits per heavy atom. The molecule has 1 aromatic heterocycles. The Kier molecular flexibility index (Phi) is 3.53. The van der Waals surface area contributed by atoms with Crippen LogP contribution in [0, 0.1) is 5.92 Å². The van der Waals surface area contributed by atoms with Crippen molar-refractivity contribution in [2.45, 2.75) is 57.9 Å². The van der Waals surface area contributed by atoms with Gasteiger partial charge >= 0.3 is 0 Å². The first-order valence-electron chi connectivity index (χ1n) is 6.14. The topological polar surface area (TPSA) is 30.7 Å². The predicted molar refractivity (Wildman–Crippen MR) is 65.7 cm³/mol. The van der Waals surface area contributed by atoms with Gasteiger partial charge in [0.2, 0.25) is 0 Å². The summed E-state index contributed by atoms with van der Waals surface area (Å²) in [7, 11) is 0. The smallest absolute Gasteiger partial charge is 0.148 e. The van der Waals surface area contributed by atoms with Crippen LogP contribution in [0.3, 0.4) is 0 Å². The number of alkyl halides is 1. The van der Waals surface area contributed by atoms with Gasteiger partial charge in [-0.2, -0.15) is 0 Å². The number of hydrogen-bond donors (Lipinski definition) is 0. The molecule has 1 heterocycles. The third-order valence-electron chi connectivity index (χ3n) is 3.62. The molecule has 0 bridgehead atoms. The molecule has 1 aromatic rings. The molecule has 0 amide bonds. The molecule has 2 rings (SSSR count). The molecule has 0 saturated heterocycles. The Morgan fingerprint density at radius 1 is 1.38 bits per heavy atom. The average molecular weight is 242 g/mol. The molecule has 1 aliphatic rings. The number of halogens is 1. The third kappa shape index (κ3) is 1.97. The fraction of sp³-hybridized carbons (Fsp3) is 0.833. The van der Waals surface area contributed by atoms with Crippen LogP contribution in [0.4, 0.5) is 0 Å². The van der Waals surface area contributed by atoms with Gasteiger partial charge in [-0.1, -0.05) is 13.3 Å². The van der Waals surface area contributed by atoms with Crippen molar-refractivity contribution in [3.63, 3.8) is 0 Å². The van der Waals surface area contributed by atoms with Crippen molar-refractivity contribution < 1.29 is 0 Å². The Hall–Kier alpha value is -0.570. The molecule has 1 aliphatic carbocycles. The first-order valence-corrected chi connectivity index (χ1v) is 6.68. The fourth-order valence-corrected chi connectivity index (χ4v) is 2.96. The Labute approximate surface area is 102 Å². The van der Waals surface area contributed by atoms with Crippen LogP contribution in [0.1, 0.15) is 63.6 Å². The second-order valence-corrected chi connectivity index (χ2v) is 5.35. The molecule has 0 spiro atoms. The molecule has 0 N–H and O–H groups in total. The molecule has 0 aliphatic heterocycles. The van der Waals surface area contributed by atoms with Crippen LogP contribution in [-0.2, 0) is 5.88 Å². The van der Waals surface area contributed by atoms with E-state index < -0.39 is 0 Å². The molecule has 2 unspecified atom stereocenters. The highest BCUT2D eigenvalue weighted by Gasteiger charge is 2.30. The van der Waals surface area contributed by atoms with Crippen LogP contribution >= 0.6 is 11.6 Å². The van der Waals surface area contributed by atoms with Crippen LogP contribution in [0.5, 0.6) is 0 Å². The van der Waals surface area contributed by atoms with Crippen molar-refractivity contribution in [2.75, 3.05) is 0 Å². The number of aromatic nitrogens is 3. The summed E-state index contributed by atoms with van der Waals surface area (Å²) >= 11 is 5.91. The molecule has 1 saturated carbocycles. The molecule has 1 fully saturated rings. The highest BCUT2D eigenvalue weighted by Crippen LogP contribution is 2.39. The largest absolute Gasteiger partial charge is 0.311 e. The molecule has 3 nitrogen and oxygen atoms in total. The van der Waals surface area contributed by atoms with Crippen molar-refractivity contribution >= 4 is 11.6 Å². The SMILES string of the molecule is CC1CCCC1c1nnc(CCl)n1C(C)C. The van der Waals surface area contributed by atoms with Crippen LogP contribution in [0.2, 0.25) is 0 Å². The normalized spacial score (nSPS) is 25.6. The lowest BCUT2D eigenvalue weighted by Crippen LogP contribution is -2.14. The quantitative estimate of drug-likeness (QED) is 0.759. The molecule has 4 heteroatoms. The minimum atomic E-state index is 0.395. The summed E-state index contributed by atoms with van der Waals surface area (Å²) in [5.74, 6) is 3.81. The van der Waals surface area contributed by atoms with Crippen LogP contribution in [0.25, 0.3) is 0 Å². The fourth-order valence-electron chi connectivity index (χ4n) is 2.77. The summed E-state index contributed by atoms with van der Waals surface area (Å²) in [4.78, 5) is 0. The second-order valence-electron chi connectivity index (χ2n) is 5.09. The zero-order valence-electron chi connectivity index (χ0n) is 10.3. The van der Waals surface area contributed by atoms with E-state index in [9.17, 15) is 0 Å². The minimum absolute atomic E-state index is 0.395. The van der Waals surface area contributed by atoms with Gasteiger partial charge in [0.25, 0.3) is 0 Å². The van der Waals surface area contributed by atoms with Gasteiger partial charge in [-0.15, -0.1) is 21.8 Å². The lowest BCUT2D eigenvalue weighted by molar-refractivity contribution is 0.458. The van der Waals surface area contributed by atoms with Gasteiger partial charge in [0.15, 0.2) is 0 Å². The maximum Gasteiger partial charge on any atom is 0.148 e. The van der Waals surface area contributed by atoms with Gasteiger partial charge in [0, 0.05) is 12.0 Å². The molecular formula is C12H20ClN3. The van der Waals surface area contributed by atoms with Crippen molar-refractivity contribution in [3.05, 3.63) is 11.6 Å². The molecule has 0 radical (unpaired) electrons. The van der Waals surface area contributed by atoms with Gasteiger partial charge in [-0.05, 0) is 32.6 Å². The maximum absolute atomic E-state index is 5.91. The van der Waals surface area contributed by atoms with E-state index in [0.717, 1.165) is 17.6 Å². The van der Waals surface area contributed by atoms with E-state index in [4.69, 9.17) is 11.6 Å². The summed E-state index contributed by atoms with van der Waals surface area (Å²) in [5, 5.41) is 8.59. The van der Waals surface area contributed by atoms with E-state index in [-0.39, 0.29) is 0 Å². The third-order valence-corrected chi connectivity index (χ3v) is 3.86. The zero-order chi connectivity index (χ0) is 11.7. The lowest BCUT2D eigenvalue weighted by Gasteiger charge is -2.19. The van der Waals surface area contributed by atoms with Crippen molar-refractivity contribution in [2.24, 2.45) is 5.92 Å². The summed E-state index contributed by atoms with van der Waals surface area (Å²) in [6.45, 7) is 6.66. The van der Waals surface area contributed by atoms with Crippen molar-refractivity contribution in [1.82, 2.24) is 14.8 Å². The predicted octanol–water partition coefficient (Wildman–Crippen LogP) is 3.50. The van der Waals surface area contributed by atoms with Crippen molar-refractivity contribution in [3.8, 4) is 0 Å². The number of nitrogens with zero attached hydrogens (tertiary/aromatic N) is 3. The second kappa shape index (κ2) is 4.74. The van der Waals surface area contributed by atoms with E-state index in [0.29, 0.717) is 17.8 Å². The van der Waals surface area contributed by atoms with E-state index >= 15 is 0 Å². The molecule has 90 valence electrons. The van der Waals surface area contributed by atoms with E-state index in [1.54, 1.807) is 0 Å². The monoisotopic (exact) mass is 241 g/mol. The van der Waals surface area contributed by atoms with Gasteiger partial charge in [-0.25, -0.2) is 0 Å². The van der Waals surface area contributed by atoms with Gasteiger partial charge < -0.3 is 4.57 Å². The Balaban J connectivity index is 2.36. The summed E-state index contributed by atoms with van der Waals surface area (Å²) in [6, 6.07) is 0.395. The molecular weight excluding hydrogens is 222 g/mol. The van der Waals surface area contributed by atoms with Crippen LogP contribution < -0.4 is 0 Å². The molecule has 2 atom stereocenters. The van der Waals surface area contributed by atoms with Gasteiger partial charge in [-0.3, -0.25) is 0 Å². The minimum Gasteiger partial charge on any atom is -0.311 e. The summed E-state index contributed by atoms with van der Waals surface area (Å²) in [5.41, 5.74) is 0. The van der Waals surface area contributed by atoms with Gasteiger partial charge in [0.1, 0.15) is 11.6 Å². The van der Waals surface area contributed by atoms with Gasteiger partial charge in [0.05, 0.1) is 5.88 Å². The zero-order valence-corrected chi connectivity index (χ0v) is 11.0. The first-order chi connectivity index (χ1) is 7.65. The highest BCUT2D eigenvalue weighted by atomic mass is 35.5. The Bertz CT molecular complexity index is 359. The number of hydrogen-bond acceptors (Lipinski definition) is 2. The summed E-state index contributed by atoms with van der Waals surface area (Å²) < 4.78 is 2.22. The first kappa shape index (κ1) is 11.9. The summed E-state index contributed by atoms with van der Waals surface area (Å²) in [6.07, 6.45) is 3.87. The molecule has 0 aromatic carbocycles.